The fraction of sp³-hybridized carbons (Fsp3) is 0.960. The Hall–Kier alpha value is -0.460. The summed E-state index contributed by atoms with van der Waals surface area (Å²) in [6.45, 7) is 4.72. The highest BCUT2D eigenvalue weighted by Gasteiger charge is 2.23. The molecule has 198 valence electrons. The van der Waals surface area contributed by atoms with Crippen molar-refractivity contribution in [2.75, 3.05) is 39.6 Å². The molecule has 8 heteroatoms. The Kier molecular flexibility index (Phi) is 23.0. The smallest absolute Gasteiger partial charge is 0.333 e. The first-order valence-electron chi connectivity index (χ1n) is 13.4. The highest BCUT2D eigenvalue weighted by atomic mass is 31.2. The number of esters is 1. The van der Waals surface area contributed by atoms with Crippen LogP contribution in [0.3, 0.4) is 0 Å². The van der Waals surface area contributed by atoms with Crippen LogP contribution in [-0.2, 0) is 23.4 Å². The Bertz CT molecular complexity index is 492. The summed E-state index contributed by atoms with van der Waals surface area (Å²) < 4.78 is 27.8. The second-order valence-corrected chi connectivity index (χ2v) is 11.1. The normalized spacial score (nSPS) is 14.2. The van der Waals surface area contributed by atoms with Crippen LogP contribution in [0.25, 0.3) is 0 Å². The Balaban J connectivity index is 3.60. The molecule has 0 aromatic rings. The fourth-order valence-corrected chi connectivity index (χ4v) is 4.81. The van der Waals surface area contributed by atoms with E-state index in [0.29, 0.717) is 13.2 Å². The molecule has 0 saturated carbocycles. The fourth-order valence-electron chi connectivity index (χ4n) is 3.70. The average molecular weight is 495 g/mol. The van der Waals surface area contributed by atoms with Gasteiger partial charge in [-0.15, -0.1) is 0 Å². The van der Waals surface area contributed by atoms with Gasteiger partial charge in [0.25, 0.3) is 0 Å². The van der Waals surface area contributed by atoms with E-state index in [0.717, 1.165) is 12.8 Å². The van der Waals surface area contributed by atoms with E-state index in [2.05, 4.69) is 6.92 Å². The van der Waals surface area contributed by atoms with Crippen molar-refractivity contribution in [1.29, 1.82) is 0 Å². The second kappa shape index (κ2) is 23.3. The van der Waals surface area contributed by atoms with Gasteiger partial charge in [0.1, 0.15) is 6.10 Å². The molecule has 7 nitrogen and oxygen atoms in total. The van der Waals surface area contributed by atoms with Crippen LogP contribution in [0.2, 0.25) is 0 Å². The van der Waals surface area contributed by atoms with Gasteiger partial charge in [-0.1, -0.05) is 96.8 Å². The van der Waals surface area contributed by atoms with E-state index in [1.54, 1.807) is 0 Å². The third kappa shape index (κ3) is 24.5. The molecular formula is C25H53NO6P+. The molecule has 0 aliphatic rings. The zero-order valence-corrected chi connectivity index (χ0v) is 22.6. The van der Waals surface area contributed by atoms with Gasteiger partial charge in [0.15, 0.2) is 0 Å². The van der Waals surface area contributed by atoms with Crippen LogP contribution in [0.5, 0.6) is 0 Å². The molecule has 2 atom stereocenters. The maximum atomic E-state index is 11.9. The van der Waals surface area contributed by atoms with Crippen molar-refractivity contribution in [3.63, 3.8) is 0 Å². The van der Waals surface area contributed by atoms with Crippen LogP contribution < -0.4 is 5.32 Å². The van der Waals surface area contributed by atoms with Gasteiger partial charge in [-0.05, 0) is 6.42 Å². The Morgan fingerprint density at radius 1 is 0.848 bits per heavy atom. The van der Waals surface area contributed by atoms with Crippen molar-refractivity contribution in [3.05, 3.63) is 0 Å². The minimum atomic E-state index is -3.66. The predicted octanol–water partition coefficient (Wildman–Crippen LogP) is 5.20. The highest BCUT2D eigenvalue weighted by molar-refractivity contribution is 7.52. The number of carbonyl (C=O) groups excluding carboxylic acids is 1. The first-order valence-corrected chi connectivity index (χ1v) is 15.2. The van der Waals surface area contributed by atoms with Gasteiger partial charge >= 0.3 is 13.6 Å². The predicted molar refractivity (Wildman–Crippen MR) is 135 cm³/mol. The summed E-state index contributed by atoms with van der Waals surface area (Å²) in [5, 5.41) is 1.82. The molecule has 0 aromatic carbocycles. The van der Waals surface area contributed by atoms with E-state index >= 15 is 0 Å². The number of nitrogens with two attached hydrogens (primary N) is 1. The molecule has 0 heterocycles. The molecule has 0 aliphatic carbocycles. The topological polar surface area (TPSA) is 98.7 Å². The Morgan fingerprint density at radius 2 is 1.33 bits per heavy atom. The number of carbonyl (C=O) groups is 1. The van der Waals surface area contributed by atoms with Crippen molar-refractivity contribution >= 4 is 13.6 Å². The quantitative estimate of drug-likeness (QED) is 0.103. The lowest BCUT2D eigenvalue weighted by atomic mass is 10.0. The lowest BCUT2D eigenvalue weighted by Crippen LogP contribution is -2.80. The van der Waals surface area contributed by atoms with E-state index in [-0.39, 0.29) is 19.4 Å². The molecule has 0 spiro atoms. The van der Waals surface area contributed by atoms with E-state index in [9.17, 15) is 14.3 Å². The van der Waals surface area contributed by atoms with Crippen molar-refractivity contribution < 1.29 is 33.6 Å². The molecule has 0 radical (unpaired) electrons. The van der Waals surface area contributed by atoms with Gasteiger partial charge in [0.2, 0.25) is 0 Å². The van der Waals surface area contributed by atoms with Crippen LogP contribution in [0.1, 0.15) is 110 Å². The maximum Gasteiger partial charge on any atom is 0.333 e. The summed E-state index contributed by atoms with van der Waals surface area (Å²) in [5.74, 6) is -0.450. The first-order chi connectivity index (χ1) is 15.9. The zero-order chi connectivity index (χ0) is 24.6. The molecule has 0 saturated heterocycles. The Morgan fingerprint density at radius 3 is 1.79 bits per heavy atom. The molecule has 0 rings (SSSR count). The number of quaternary nitrogens is 1. The van der Waals surface area contributed by atoms with E-state index in [1.807, 2.05) is 12.4 Å². The van der Waals surface area contributed by atoms with Gasteiger partial charge in [0, 0.05) is 13.5 Å². The SMILES string of the molecule is CCCCCCCCCCCCCCCCCOCC(COP(=O)(O)CC[NH2+]C)OC(C)=O. The summed E-state index contributed by atoms with van der Waals surface area (Å²) in [7, 11) is -1.83. The van der Waals surface area contributed by atoms with E-state index in [1.165, 1.54) is 90.4 Å². The maximum absolute atomic E-state index is 11.9. The number of unbranched alkanes of at least 4 members (excludes halogenated alkanes) is 14. The minimum Gasteiger partial charge on any atom is -0.458 e. The molecule has 33 heavy (non-hydrogen) atoms. The molecule has 0 aromatic heterocycles. The minimum absolute atomic E-state index is 0.0657. The molecule has 0 amide bonds. The van der Waals surface area contributed by atoms with Crippen LogP contribution in [0, 0.1) is 0 Å². The molecular weight excluding hydrogens is 441 g/mol. The van der Waals surface area contributed by atoms with Crippen LogP contribution in [0.4, 0.5) is 0 Å². The average Bonchev–Trinajstić information content (AvgIpc) is 2.77. The van der Waals surface area contributed by atoms with Crippen LogP contribution >= 0.6 is 7.60 Å². The van der Waals surface area contributed by atoms with E-state index < -0.39 is 19.7 Å². The number of ether oxygens (including phenoxy) is 2. The number of hydrogen-bond donors (Lipinski definition) is 2. The van der Waals surface area contributed by atoms with Crippen molar-refractivity contribution in [2.45, 2.75) is 116 Å². The van der Waals surface area contributed by atoms with Gasteiger partial charge in [-0.2, -0.15) is 0 Å². The largest absolute Gasteiger partial charge is 0.458 e. The summed E-state index contributed by atoms with van der Waals surface area (Å²) in [6, 6.07) is 0. The third-order valence-corrected chi connectivity index (χ3v) is 7.07. The van der Waals surface area contributed by atoms with Crippen molar-refractivity contribution in [1.82, 2.24) is 0 Å². The highest BCUT2D eigenvalue weighted by Crippen LogP contribution is 2.40. The summed E-state index contributed by atoms with van der Waals surface area (Å²) in [4.78, 5) is 21.0. The van der Waals surface area contributed by atoms with Gasteiger partial charge in [-0.3, -0.25) is 9.36 Å². The van der Waals surface area contributed by atoms with E-state index in [4.69, 9.17) is 14.0 Å². The summed E-state index contributed by atoms with van der Waals surface area (Å²) in [6.07, 6.45) is 19.2. The zero-order valence-electron chi connectivity index (χ0n) is 21.7. The number of hydrogen-bond acceptors (Lipinski definition) is 5. The lowest BCUT2D eigenvalue weighted by Gasteiger charge is -2.19. The van der Waals surface area contributed by atoms with Crippen LogP contribution in [0.15, 0.2) is 0 Å². The third-order valence-electron chi connectivity index (χ3n) is 5.69. The first kappa shape index (κ1) is 32.5. The van der Waals surface area contributed by atoms with Crippen molar-refractivity contribution in [2.24, 2.45) is 0 Å². The summed E-state index contributed by atoms with van der Waals surface area (Å²) in [5.41, 5.74) is 0. The molecule has 0 fully saturated rings. The standard InChI is InChI=1S/C25H52NO6P/c1-4-5-6-7-8-9-10-11-12-13-14-15-16-17-18-20-30-22-25(32-24(2)27)23-31-33(28,29)21-19-26-3/h25-26H,4-23H2,1-3H3,(H,28,29)/p+1. The monoisotopic (exact) mass is 494 g/mol. The Labute approximate surface area is 203 Å². The number of rotatable bonds is 25. The molecule has 2 unspecified atom stereocenters. The lowest BCUT2D eigenvalue weighted by molar-refractivity contribution is -0.622. The van der Waals surface area contributed by atoms with Crippen LogP contribution in [-0.4, -0.2) is 56.5 Å². The van der Waals surface area contributed by atoms with Crippen molar-refractivity contribution in [3.8, 4) is 0 Å². The van der Waals surface area contributed by atoms with Gasteiger partial charge in [-0.25, -0.2) is 0 Å². The molecule has 3 N–H and O–H groups in total. The van der Waals surface area contributed by atoms with Gasteiger partial charge < -0.3 is 24.2 Å². The second-order valence-electron chi connectivity index (χ2n) is 9.11. The van der Waals surface area contributed by atoms with Gasteiger partial charge in [0.05, 0.1) is 33.0 Å². The molecule has 0 bridgehead atoms. The molecule has 0 aliphatic heterocycles. The summed E-state index contributed by atoms with van der Waals surface area (Å²) >= 11 is 0.